The van der Waals surface area contributed by atoms with Gasteiger partial charge in [0.15, 0.2) is 5.78 Å². The van der Waals surface area contributed by atoms with Crippen LogP contribution in [0.4, 0.5) is 0 Å². The van der Waals surface area contributed by atoms with E-state index in [-0.39, 0.29) is 11.7 Å². The van der Waals surface area contributed by atoms with Gasteiger partial charge < -0.3 is 4.74 Å². The molecule has 15 heavy (non-hydrogen) atoms. The highest BCUT2D eigenvalue weighted by Gasteiger charge is 2.06. The number of rotatable bonds is 5. The minimum Gasteiger partial charge on any atom is -0.493 e. The van der Waals surface area contributed by atoms with Gasteiger partial charge >= 0.3 is 0 Å². The minimum atomic E-state index is 0.0281. The molecule has 0 radical (unpaired) electrons. The molecule has 0 bridgehead atoms. The van der Waals surface area contributed by atoms with Gasteiger partial charge in [0.1, 0.15) is 5.75 Å². The first-order valence-electron chi connectivity index (χ1n) is 4.66. The van der Waals surface area contributed by atoms with E-state index in [0.29, 0.717) is 13.0 Å². The van der Waals surface area contributed by atoms with Crippen molar-refractivity contribution >= 4 is 40.0 Å². The number of benzene rings is 1. The lowest BCUT2D eigenvalue weighted by Gasteiger charge is -2.07. The second kappa shape index (κ2) is 6.33. The van der Waals surface area contributed by atoms with Crippen molar-refractivity contribution in [1.82, 2.24) is 0 Å². The van der Waals surface area contributed by atoms with Crippen LogP contribution >= 0.6 is 34.2 Å². The van der Waals surface area contributed by atoms with Crippen molar-refractivity contribution in [3.8, 4) is 5.75 Å². The van der Waals surface area contributed by atoms with Gasteiger partial charge in [0.25, 0.3) is 0 Å². The predicted molar refractivity (Wildman–Crippen MR) is 69.8 cm³/mol. The summed E-state index contributed by atoms with van der Waals surface area (Å²) in [6, 6.07) is 5.77. The van der Waals surface area contributed by atoms with Gasteiger partial charge in [0, 0.05) is 6.42 Å². The molecule has 1 aromatic rings. The molecule has 0 fully saturated rings. The Bertz CT molecular complexity index is 352. The lowest BCUT2D eigenvalue weighted by atomic mass is 10.1. The lowest BCUT2D eigenvalue weighted by molar-refractivity contribution is -0.116. The highest BCUT2D eigenvalue weighted by molar-refractivity contribution is 14.1. The molecule has 1 aromatic carbocycles. The minimum absolute atomic E-state index is 0.0281. The summed E-state index contributed by atoms with van der Waals surface area (Å²) < 4.78 is 6.49. The number of ether oxygens (including phenoxy) is 1. The van der Waals surface area contributed by atoms with Crippen LogP contribution in [-0.4, -0.2) is 18.3 Å². The van der Waals surface area contributed by atoms with Crippen LogP contribution in [0.3, 0.4) is 0 Å². The van der Waals surface area contributed by atoms with E-state index in [4.69, 9.17) is 16.3 Å². The van der Waals surface area contributed by atoms with Crippen molar-refractivity contribution in [3.63, 3.8) is 0 Å². The van der Waals surface area contributed by atoms with Crippen LogP contribution in [0.2, 0.25) is 0 Å². The summed E-state index contributed by atoms with van der Waals surface area (Å²) in [5, 5.41) is 0. The van der Waals surface area contributed by atoms with Crippen molar-refractivity contribution in [2.24, 2.45) is 0 Å². The van der Waals surface area contributed by atoms with Crippen molar-refractivity contribution in [1.29, 1.82) is 0 Å². The number of ketones is 1. The molecule has 0 aliphatic rings. The van der Waals surface area contributed by atoms with Crippen LogP contribution in [0, 0.1) is 3.57 Å². The maximum atomic E-state index is 11.2. The number of halogens is 2. The number of hydrogen-bond acceptors (Lipinski definition) is 2. The molecule has 0 saturated heterocycles. The predicted octanol–water partition coefficient (Wildman–Crippen LogP) is 3.04. The first-order chi connectivity index (χ1) is 7.17. The first-order valence-corrected chi connectivity index (χ1v) is 6.27. The van der Waals surface area contributed by atoms with Crippen molar-refractivity contribution < 1.29 is 9.53 Å². The maximum absolute atomic E-state index is 11.2. The SMILES string of the molecule is CCOc1cc(CC(=O)CCl)ccc1I. The fourth-order valence-electron chi connectivity index (χ4n) is 1.20. The van der Waals surface area contributed by atoms with Crippen molar-refractivity contribution in [2.45, 2.75) is 13.3 Å². The number of alkyl halides is 1. The number of hydrogen-bond donors (Lipinski definition) is 0. The Hall–Kier alpha value is -0.290. The summed E-state index contributed by atoms with van der Waals surface area (Å²) >= 11 is 7.66. The van der Waals surface area contributed by atoms with Crippen LogP contribution in [0.15, 0.2) is 18.2 Å². The van der Waals surface area contributed by atoms with Crippen LogP contribution in [-0.2, 0) is 11.2 Å². The molecular weight excluding hydrogens is 326 g/mol. The van der Waals surface area contributed by atoms with Gasteiger partial charge in [-0.2, -0.15) is 0 Å². The van der Waals surface area contributed by atoms with Crippen LogP contribution in [0.25, 0.3) is 0 Å². The van der Waals surface area contributed by atoms with E-state index >= 15 is 0 Å². The molecule has 1 rings (SSSR count). The Morgan fingerprint density at radius 1 is 1.53 bits per heavy atom. The Morgan fingerprint density at radius 2 is 2.27 bits per heavy atom. The summed E-state index contributed by atoms with van der Waals surface area (Å²) in [5.74, 6) is 0.925. The van der Waals surface area contributed by atoms with E-state index in [1.807, 2.05) is 25.1 Å². The van der Waals surface area contributed by atoms with Crippen molar-refractivity contribution in [3.05, 3.63) is 27.3 Å². The number of Topliss-reactive ketones (excluding diaryl/α,β-unsaturated/α-hetero) is 1. The van der Waals surface area contributed by atoms with E-state index in [0.717, 1.165) is 14.9 Å². The van der Waals surface area contributed by atoms with Gasteiger partial charge in [-0.3, -0.25) is 4.79 Å². The van der Waals surface area contributed by atoms with Crippen LogP contribution in [0.5, 0.6) is 5.75 Å². The molecule has 0 spiro atoms. The molecule has 0 aromatic heterocycles. The lowest BCUT2D eigenvalue weighted by Crippen LogP contribution is -2.04. The standard InChI is InChI=1S/C11H12ClIO2/c1-2-15-11-6-8(3-4-10(11)13)5-9(14)7-12/h3-4,6H,2,5,7H2,1H3. The Labute approximate surface area is 108 Å². The third-order valence-electron chi connectivity index (χ3n) is 1.85. The van der Waals surface area contributed by atoms with Gasteiger partial charge in [-0.25, -0.2) is 0 Å². The van der Waals surface area contributed by atoms with Gasteiger partial charge in [-0.1, -0.05) is 6.07 Å². The summed E-state index contributed by atoms with van der Waals surface area (Å²) in [6.45, 7) is 2.57. The van der Waals surface area contributed by atoms with E-state index < -0.39 is 0 Å². The van der Waals surface area contributed by atoms with Gasteiger partial charge in [0.05, 0.1) is 16.1 Å². The zero-order valence-electron chi connectivity index (χ0n) is 8.43. The molecule has 82 valence electrons. The number of carbonyl (C=O) groups excluding carboxylic acids is 1. The largest absolute Gasteiger partial charge is 0.493 e. The molecule has 0 unspecified atom stereocenters. The zero-order chi connectivity index (χ0) is 11.3. The van der Waals surface area contributed by atoms with Gasteiger partial charge in [-0.15, -0.1) is 11.6 Å². The average Bonchev–Trinajstić information content (AvgIpc) is 2.23. The summed E-state index contributed by atoms with van der Waals surface area (Å²) in [5.41, 5.74) is 0.949. The summed E-state index contributed by atoms with van der Waals surface area (Å²) in [4.78, 5) is 11.2. The quantitative estimate of drug-likeness (QED) is 0.609. The Morgan fingerprint density at radius 3 is 2.87 bits per heavy atom. The normalized spacial score (nSPS) is 10.1. The fraction of sp³-hybridized carbons (Fsp3) is 0.364. The van der Waals surface area contributed by atoms with E-state index in [2.05, 4.69) is 22.6 Å². The van der Waals surface area contributed by atoms with Gasteiger partial charge in [-0.05, 0) is 47.2 Å². The molecule has 0 aliphatic heterocycles. The third-order valence-corrected chi connectivity index (χ3v) is 3.04. The number of carbonyl (C=O) groups is 1. The average molecular weight is 339 g/mol. The third kappa shape index (κ3) is 3.99. The van der Waals surface area contributed by atoms with Crippen LogP contribution in [0.1, 0.15) is 12.5 Å². The smallest absolute Gasteiger partial charge is 0.151 e. The molecular formula is C11H12ClIO2. The van der Waals surface area contributed by atoms with E-state index in [1.54, 1.807) is 0 Å². The first kappa shape index (κ1) is 12.8. The maximum Gasteiger partial charge on any atom is 0.151 e. The highest BCUT2D eigenvalue weighted by atomic mass is 127. The molecule has 0 heterocycles. The molecule has 4 heteroatoms. The fourth-order valence-corrected chi connectivity index (χ4v) is 1.78. The molecule has 0 aliphatic carbocycles. The second-order valence-electron chi connectivity index (χ2n) is 3.05. The summed E-state index contributed by atoms with van der Waals surface area (Å²) in [6.07, 6.45) is 0.375. The second-order valence-corrected chi connectivity index (χ2v) is 4.48. The van der Waals surface area contributed by atoms with E-state index in [1.165, 1.54) is 0 Å². The van der Waals surface area contributed by atoms with Gasteiger partial charge in [0.2, 0.25) is 0 Å². The molecule has 0 atom stereocenters. The topological polar surface area (TPSA) is 26.3 Å². The molecule has 0 N–H and O–H groups in total. The van der Waals surface area contributed by atoms with Crippen molar-refractivity contribution in [2.75, 3.05) is 12.5 Å². The Kier molecular flexibility index (Phi) is 5.39. The zero-order valence-corrected chi connectivity index (χ0v) is 11.3. The molecule has 0 saturated carbocycles. The molecule has 2 nitrogen and oxygen atoms in total. The highest BCUT2D eigenvalue weighted by Crippen LogP contribution is 2.22. The Balaban J connectivity index is 2.82. The monoisotopic (exact) mass is 338 g/mol. The van der Waals surface area contributed by atoms with E-state index in [9.17, 15) is 4.79 Å². The molecule has 0 amide bonds. The summed E-state index contributed by atoms with van der Waals surface area (Å²) in [7, 11) is 0. The van der Waals surface area contributed by atoms with Crippen LogP contribution < -0.4 is 4.74 Å².